The highest BCUT2D eigenvalue weighted by Crippen LogP contribution is 2.47. The summed E-state index contributed by atoms with van der Waals surface area (Å²) in [5, 5.41) is 13.0. The number of aliphatic hydroxyl groups is 1. The predicted octanol–water partition coefficient (Wildman–Crippen LogP) is 10.3. The van der Waals surface area contributed by atoms with Crippen molar-refractivity contribution >= 4 is 51.9 Å². The van der Waals surface area contributed by atoms with Crippen LogP contribution in [-0.4, -0.2) is 64.9 Å². The largest absolute Gasteiger partial charge is 0.490 e. The molecule has 348 valence electrons. The van der Waals surface area contributed by atoms with Crippen LogP contribution in [0.1, 0.15) is 114 Å². The van der Waals surface area contributed by atoms with E-state index in [1.54, 1.807) is 18.2 Å². The van der Waals surface area contributed by atoms with Crippen LogP contribution >= 0.6 is 11.6 Å². The summed E-state index contributed by atoms with van der Waals surface area (Å²) in [5.74, 6) is 0.312. The molecular weight excluding hydrogens is 868 g/mol. The van der Waals surface area contributed by atoms with Gasteiger partial charge in [-0.25, -0.2) is 13.1 Å². The average molecular weight is 938 g/mol. The number of allylic oxidation sites excluding steroid dienone is 2. The summed E-state index contributed by atoms with van der Waals surface area (Å²) in [6, 6.07) is 32.1. The highest BCUT2D eigenvalue weighted by atomic mass is 35.5. The predicted molar refractivity (Wildman–Crippen MR) is 269 cm³/mol. The standard InChI is InChI=1S/C54H69ClN2O6SSi/c1-7-9-13-25-50(58)47-29-26-42(47)36-57-37-54(32-18-19-40-34-43(55)28-30-48(40)54)38-62-51-31-27-41(35-49(51)57)52(59)56-64(60,61)44(20-10-8-2)33-39(3)63-65(53(4,5)6,45-21-14-11-15-22-45)46-23-16-12-17-24-46/h8,11-17,21-25,27-28,30-31,34-35,39,42,44,47,50,58H,2,7,9-10,18-20,26,29,32-33,36-38H2,1,3-6H3,(H,56,59)/b25-13+/t39-,42-,44+,47+,50-,54-/m0/s1. The van der Waals surface area contributed by atoms with E-state index in [4.69, 9.17) is 20.8 Å². The lowest BCUT2D eigenvalue weighted by molar-refractivity contribution is 0.0456. The maximum Gasteiger partial charge on any atom is 0.264 e. The molecule has 0 saturated heterocycles. The van der Waals surface area contributed by atoms with E-state index in [1.165, 1.54) is 11.1 Å². The molecule has 0 unspecified atom stereocenters. The van der Waals surface area contributed by atoms with E-state index in [9.17, 15) is 18.3 Å². The number of halogens is 1. The Morgan fingerprint density at radius 1 is 1.03 bits per heavy atom. The van der Waals surface area contributed by atoms with Gasteiger partial charge in [0.1, 0.15) is 5.75 Å². The molecule has 0 bridgehead atoms. The summed E-state index contributed by atoms with van der Waals surface area (Å²) < 4.78 is 45.6. The van der Waals surface area contributed by atoms with Crippen LogP contribution in [0.5, 0.6) is 5.75 Å². The van der Waals surface area contributed by atoms with Crippen molar-refractivity contribution in [3.05, 3.63) is 144 Å². The van der Waals surface area contributed by atoms with Gasteiger partial charge in [0.2, 0.25) is 10.0 Å². The van der Waals surface area contributed by atoms with Gasteiger partial charge in [0.25, 0.3) is 14.2 Å². The van der Waals surface area contributed by atoms with E-state index < -0.39 is 41.7 Å². The van der Waals surface area contributed by atoms with E-state index >= 15 is 0 Å². The highest BCUT2D eigenvalue weighted by Gasteiger charge is 2.51. The molecule has 2 aliphatic carbocycles. The maximum absolute atomic E-state index is 14.5. The van der Waals surface area contributed by atoms with Crippen molar-refractivity contribution in [1.29, 1.82) is 0 Å². The number of nitrogens with zero attached hydrogens (tertiary/aromatic N) is 1. The summed E-state index contributed by atoms with van der Waals surface area (Å²) in [4.78, 5) is 16.7. The quantitative estimate of drug-likeness (QED) is 0.0756. The third kappa shape index (κ3) is 10.7. The van der Waals surface area contributed by atoms with Gasteiger partial charge >= 0.3 is 0 Å². The molecule has 2 N–H and O–H groups in total. The molecule has 7 rings (SSSR count). The number of carbonyl (C=O) groups is 1. The Morgan fingerprint density at radius 3 is 2.37 bits per heavy atom. The van der Waals surface area contributed by atoms with E-state index in [-0.39, 0.29) is 40.7 Å². The number of fused-ring (bicyclic) bond motifs is 3. The number of nitrogens with one attached hydrogen (secondary N) is 1. The van der Waals surface area contributed by atoms with Crippen molar-refractivity contribution in [2.75, 3.05) is 24.6 Å². The number of ether oxygens (including phenoxy) is 1. The van der Waals surface area contributed by atoms with Crippen LogP contribution in [0.2, 0.25) is 10.1 Å². The summed E-state index contributed by atoms with van der Waals surface area (Å²) in [6.07, 6.45) is 12.4. The lowest BCUT2D eigenvalue weighted by atomic mass is 9.68. The molecule has 11 heteroatoms. The second kappa shape index (κ2) is 20.8. The van der Waals surface area contributed by atoms with Crippen molar-refractivity contribution in [3.63, 3.8) is 0 Å². The number of sulfonamides is 1. The fourth-order valence-electron chi connectivity index (χ4n) is 10.7. The minimum atomic E-state index is -4.20. The number of aryl methyl sites for hydroxylation is 1. The van der Waals surface area contributed by atoms with Crippen LogP contribution in [0, 0.1) is 11.8 Å². The van der Waals surface area contributed by atoms with Gasteiger partial charge in [0, 0.05) is 35.2 Å². The van der Waals surface area contributed by atoms with E-state index in [2.05, 4.69) is 86.4 Å². The molecule has 6 atom stereocenters. The Bertz CT molecular complexity index is 2370. The molecule has 3 aliphatic rings. The minimum Gasteiger partial charge on any atom is -0.490 e. The van der Waals surface area contributed by atoms with Crippen molar-refractivity contribution in [1.82, 2.24) is 4.72 Å². The first-order valence-corrected chi connectivity index (χ1v) is 27.5. The van der Waals surface area contributed by atoms with Crippen LogP contribution < -0.4 is 24.7 Å². The third-order valence-corrected chi connectivity index (χ3v) is 21.4. The fraction of sp³-hybridized carbons (Fsp3) is 0.463. The SMILES string of the molecule is C=CCC[C@H](C[C@H](C)O[Si](c1ccccc1)(c1ccccc1)C(C)(C)C)S(=O)(=O)NC(=O)c1ccc2c(c1)N(C[C@@H]1CC[C@H]1[C@@H](O)/C=C/CCC)C[C@@]1(CCCc3cc(Cl)ccc31)CO2. The Balaban J connectivity index is 1.17. The molecule has 8 nitrogen and oxygen atoms in total. The zero-order chi connectivity index (χ0) is 46.4. The Hall–Kier alpha value is -4.19. The molecule has 0 radical (unpaired) electrons. The molecule has 1 spiro atoms. The molecule has 1 amide bonds. The van der Waals surface area contributed by atoms with Gasteiger partial charge < -0.3 is 19.2 Å². The van der Waals surface area contributed by atoms with Gasteiger partial charge in [0.15, 0.2) is 0 Å². The number of aliphatic hydroxyl groups excluding tert-OH is 1. The topological polar surface area (TPSA) is 105 Å². The number of benzene rings is 4. The first-order valence-electron chi connectivity index (χ1n) is 23.7. The Morgan fingerprint density at radius 2 is 1.74 bits per heavy atom. The smallest absolute Gasteiger partial charge is 0.264 e. The van der Waals surface area contributed by atoms with Gasteiger partial charge in [-0.3, -0.25) is 4.79 Å². The van der Waals surface area contributed by atoms with Crippen molar-refractivity contribution < 1.29 is 27.5 Å². The molecule has 65 heavy (non-hydrogen) atoms. The molecule has 1 heterocycles. The maximum atomic E-state index is 14.5. The summed E-state index contributed by atoms with van der Waals surface area (Å²) in [7, 11) is -7.19. The monoisotopic (exact) mass is 936 g/mol. The van der Waals surface area contributed by atoms with Gasteiger partial charge in [-0.15, -0.1) is 6.58 Å². The lowest BCUT2D eigenvalue weighted by Crippen LogP contribution is -2.67. The zero-order valence-electron chi connectivity index (χ0n) is 39.0. The number of unbranched alkanes of at least 4 members (excludes halogenated alkanes) is 1. The summed E-state index contributed by atoms with van der Waals surface area (Å²) >= 11 is 6.51. The number of rotatable bonds is 18. The zero-order valence-corrected chi connectivity index (χ0v) is 41.6. The summed E-state index contributed by atoms with van der Waals surface area (Å²) in [6.45, 7) is 16.4. The Kier molecular flexibility index (Phi) is 15.6. The van der Waals surface area contributed by atoms with Crippen LogP contribution in [0.3, 0.4) is 0 Å². The molecular formula is C54H69ClN2O6SSi. The van der Waals surface area contributed by atoms with E-state index in [0.717, 1.165) is 66.0 Å². The second-order valence-corrected chi connectivity index (χ2v) is 26.4. The lowest BCUT2D eigenvalue weighted by Gasteiger charge is -2.45. The third-order valence-electron chi connectivity index (χ3n) is 14.2. The first-order chi connectivity index (χ1) is 31.1. The number of hydrogen-bond acceptors (Lipinski definition) is 7. The first kappa shape index (κ1) is 48.7. The number of anilines is 1. The average Bonchev–Trinajstić information content (AvgIpc) is 3.42. The fourth-order valence-corrected chi connectivity index (χ4v) is 17.2. The van der Waals surface area contributed by atoms with Crippen molar-refractivity contribution in [3.8, 4) is 5.75 Å². The van der Waals surface area contributed by atoms with Crippen molar-refractivity contribution in [2.24, 2.45) is 11.8 Å². The van der Waals surface area contributed by atoms with Crippen LogP contribution in [0.15, 0.2) is 122 Å². The number of hydrogen-bond donors (Lipinski definition) is 2. The molecule has 1 fully saturated rings. The van der Waals surface area contributed by atoms with Gasteiger partial charge in [0.05, 0.1) is 23.6 Å². The normalized spacial score (nSPS) is 21.3. The Labute approximate surface area is 394 Å². The van der Waals surface area contributed by atoms with Crippen molar-refractivity contribution in [2.45, 2.75) is 127 Å². The van der Waals surface area contributed by atoms with Crippen LogP contribution in [-0.2, 0) is 26.3 Å². The molecule has 0 aromatic heterocycles. The molecule has 1 saturated carbocycles. The number of carbonyl (C=O) groups excluding carboxylic acids is 1. The van der Waals surface area contributed by atoms with E-state index in [1.807, 2.05) is 61.5 Å². The van der Waals surface area contributed by atoms with Gasteiger partial charge in [-0.1, -0.05) is 131 Å². The number of amides is 1. The van der Waals surface area contributed by atoms with E-state index in [0.29, 0.717) is 31.9 Å². The summed E-state index contributed by atoms with van der Waals surface area (Å²) in [5.41, 5.74) is 3.14. The van der Waals surface area contributed by atoms with Crippen LogP contribution in [0.4, 0.5) is 5.69 Å². The molecule has 4 aromatic rings. The minimum absolute atomic E-state index is 0.122. The highest BCUT2D eigenvalue weighted by molar-refractivity contribution is 7.90. The van der Waals surface area contributed by atoms with Crippen LogP contribution in [0.25, 0.3) is 0 Å². The molecule has 4 aromatic carbocycles. The second-order valence-electron chi connectivity index (χ2n) is 19.8. The molecule has 1 aliphatic heterocycles. The van der Waals surface area contributed by atoms with Gasteiger partial charge in [-0.2, -0.15) is 0 Å². The van der Waals surface area contributed by atoms with Gasteiger partial charge in [-0.05, 0) is 133 Å².